The van der Waals surface area contributed by atoms with Crippen molar-refractivity contribution in [2.75, 3.05) is 7.05 Å². The minimum atomic E-state index is 0.0524. The number of thiazole rings is 1. The lowest BCUT2D eigenvalue weighted by atomic mass is 10.1. The van der Waals surface area contributed by atoms with Gasteiger partial charge in [-0.25, -0.2) is 4.98 Å². The van der Waals surface area contributed by atoms with Gasteiger partial charge < -0.3 is 4.90 Å². The summed E-state index contributed by atoms with van der Waals surface area (Å²) in [6.45, 7) is 4.61. The first-order valence-electron chi connectivity index (χ1n) is 7.42. The summed E-state index contributed by atoms with van der Waals surface area (Å²) in [6, 6.07) is 10.3. The molecule has 0 aliphatic heterocycles. The monoisotopic (exact) mass is 314 g/mol. The van der Waals surface area contributed by atoms with E-state index in [1.807, 2.05) is 45.3 Å². The van der Waals surface area contributed by atoms with Gasteiger partial charge in [-0.15, -0.1) is 11.3 Å². The second-order valence-corrected chi connectivity index (χ2v) is 6.84. The Labute approximate surface area is 136 Å². The number of aromatic nitrogens is 1. The van der Waals surface area contributed by atoms with Crippen molar-refractivity contribution in [3.63, 3.8) is 0 Å². The summed E-state index contributed by atoms with van der Waals surface area (Å²) in [5.74, 6) is 0.0524. The molecule has 0 aliphatic rings. The number of rotatable bonds is 6. The molecular formula is C18H22N2OS. The third-order valence-corrected chi connectivity index (χ3v) is 4.36. The van der Waals surface area contributed by atoms with Crippen molar-refractivity contribution < 1.29 is 4.79 Å². The highest BCUT2D eigenvalue weighted by Gasteiger charge is 2.09. The van der Waals surface area contributed by atoms with Crippen molar-refractivity contribution in [3.8, 4) is 0 Å². The molecule has 0 saturated carbocycles. The van der Waals surface area contributed by atoms with E-state index >= 15 is 0 Å². The number of benzene rings is 1. The summed E-state index contributed by atoms with van der Waals surface area (Å²) in [5, 5.41) is 1.03. The first kappa shape index (κ1) is 16.4. The molecule has 0 spiro atoms. The molecule has 22 heavy (non-hydrogen) atoms. The number of carbonyl (C=O) groups is 1. The fourth-order valence-electron chi connectivity index (χ4n) is 2.17. The van der Waals surface area contributed by atoms with Crippen LogP contribution < -0.4 is 0 Å². The Balaban J connectivity index is 1.85. The number of nitrogens with zero attached hydrogens (tertiary/aromatic N) is 2. The number of likely N-dealkylation sites (N-methyl/N-ethyl adjacent to an activating group) is 1. The molecule has 0 saturated heterocycles. The minimum Gasteiger partial charge on any atom is -0.337 e. The maximum Gasteiger partial charge on any atom is 0.246 e. The fraction of sp³-hybridized carbons (Fsp3) is 0.333. The van der Waals surface area contributed by atoms with Crippen LogP contribution in [0.2, 0.25) is 0 Å². The van der Waals surface area contributed by atoms with Gasteiger partial charge in [0.05, 0.1) is 11.6 Å². The Kier molecular flexibility index (Phi) is 5.90. The van der Waals surface area contributed by atoms with E-state index in [0.29, 0.717) is 6.54 Å². The summed E-state index contributed by atoms with van der Waals surface area (Å²) in [6.07, 6.45) is 5.46. The van der Waals surface area contributed by atoms with Gasteiger partial charge in [0.2, 0.25) is 5.91 Å². The van der Waals surface area contributed by atoms with Crippen LogP contribution in [0, 0.1) is 6.92 Å². The second kappa shape index (κ2) is 7.90. The Morgan fingerprint density at radius 1 is 1.32 bits per heavy atom. The number of aryl methyl sites for hydroxylation is 2. The molecule has 0 bridgehead atoms. The van der Waals surface area contributed by atoms with E-state index in [-0.39, 0.29) is 5.91 Å². The van der Waals surface area contributed by atoms with Gasteiger partial charge in [-0.05, 0) is 32.3 Å². The number of allylic oxidation sites excluding steroid dienone is 1. The normalized spacial score (nSPS) is 11.5. The highest BCUT2D eigenvalue weighted by atomic mass is 32.1. The summed E-state index contributed by atoms with van der Waals surface area (Å²) in [7, 11) is 1.83. The standard InChI is InChI=1S/C18H22N2OS/c1-14(9-10-16-7-5-4-6-8-16)11-18(21)20(3)13-17-12-19-15(2)22-17/h4-8,11-12H,9-10,13H2,1-3H3/b14-11-. The molecule has 0 N–H and O–H groups in total. The molecule has 3 nitrogen and oxygen atoms in total. The molecule has 0 fully saturated rings. The number of hydrogen-bond acceptors (Lipinski definition) is 3. The lowest BCUT2D eigenvalue weighted by molar-refractivity contribution is -0.125. The number of carbonyl (C=O) groups excluding carboxylic acids is 1. The van der Waals surface area contributed by atoms with Crippen LogP contribution in [-0.4, -0.2) is 22.8 Å². The first-order chi connectivity index (χ1) is 10.5. The third-order valence-electron chi connectivity index (χ3n) is 3.46. The molecule has 1 amide bonds. The number of amides is 1. The topological polar surface area (TPSA) is 33.2 Å². The Morgan fingerprint density at radius 2 is 2.05 bits per heavy atom. The van der Waals surface area contributed by atoms with Gasteiger partial charge in [0.25, 0.3) is 0 Å². The van der Waals surface area contributed by atoms with Crippen LogP contribution in [0.1, 0.15) is 28.8 Å². The zero-order valence-electron chi connectivity index (χ0n) is 13.4. The quantitative estimate of drug-likeness (QED) is 0.755. The van der Waals surface area contributed by atoms with Gasteiger partial charge in [0, 0.05) is 24.2 Å². The largest absolute Gasteiger partial charge is 0.337 e. The molecule has 0 aliphatic carbocycles. The van der Waals surface area contributed by atoms with E-state index in [2.05, 4.69) is 17.1 Å². The molecule has 116 valence electrons. The SMILES string of the molecule is C/C(=C/C(=O)N(C)Cc1cnc(C)s1)CCc1ccccc1. The summed E-state index contributed by atoms with van der Waals surface area (Å²) in [5.41, 5.74) is 2.41. The van der Waals surface area contributed by atoms with Crippen LogP contribution in [-0.2, 0) is 17.8 Å². The van der Waals surface area contributed by atoms with Crippen LogP contribution in [0.15, 0.2) is 48.2 Å². The van der Waals surface area contributed by atoms with Crippen molar-refractivity contribution in [3.05, 3.63) is 63.6 Å². The van der Waals surface area contributed by atoms with E-state index < -0.39 is 0 Å². The third kappa shape index (κ3) is 5.11. The Hall–Kier alpha value is -1.94. The predicted octanol–water partition coefficient (Wildman–Crippen LogP) is 3.99. The van der Waals surface area contributed by atoms with Crippen molar-refractivity contribution in [1.82, 2.24) is 9.88 Å². The average Bonchev–Trinajstić information content (AvgIpc) is 2.91. The van der Waals surface area contributed by atoms with E-state index in [9.17, 15) is 4.79 Å². The van der Waals surface area contributed by atoms with E-state index in [1.165, 1.54) is 5.56 Å². The van der Waals surface area contributed by atoms with Crippen LogP contribution >= 0.6 is 11.3 Å². The van der Waals surface area contributed by atoms with Gasteiger partial charge in [-0.3, -0.25) is 4.79 Å². The molecule has 0 unspecified atom stereocenters. The lowest BCUT2D eigenvalue weighted by Gasteiger charge is -2.14. The van der Waals surface area contributed by atoms with Crippen molar-refractivity contribution in [1.29, 1.82) is 0 Å². The smallest absolute Gasteiger partial charge is 0.246 e. The molecule has 0 radical (unpaired) electrons. The zero-order chi connectivity index (χ0) is 15.9. The van der Waals surface area contributed by atoms with Gasteiger partial charge in [0.1, 0.15) is 0 Å². The van der Waals surface area contributed by atoms with E-state index in [0.717, 1.165) is 28.3 Å². The first-order valence-corrected chi connectivity index (χ1v) is 8.24. The highest BCUT2D eigenvalue weighted by molar-refractivity contribution is 7.11. The molecule has 4 heteroatoms. The van der Waals surface area contributed by atoms with Crippen molar-refractivity contribution in [2.24, 2.45) is 0 Å². The molecule has 2 aromatic rings. The molecule has 1 heterocycles. The summed E-state index contributed by atoms with van der Waals surface area (Å²) in [4.78, 5) is 19.3. The minimum absolute atomic E-state index is 0.0524. The highest BCUT2D eigenvalue weighted by Crippen LogP contribution is 2.14. The lowest BCUT2D eigenvalue weighted by Crippen LogP contribution is -2.24. The molecular weight excluding hydrogens is 292 g/mol. The molecule has 1 aromatic heterocycles. The Morgan fingerprint density at radius 3 is 2.68 bits per heavy atom. The summed E-state index contributed by atoms with van der Waals surface area (Å²) < 4.78 is 0. The van der Waals surface area contributed by atoms with Gasteiger partial charge in [0.15, 0.2) is 0 Å². The maximum atomic E-state index is 12.2. The van der Waals surface area contributed by atoms with Gasteiger partial charge >= 0.3 is 0 Å². The molecule has 0 atom stereocenters. The molecule has 2 rings (SSSR count). The molecule has 1 aromatic carbocycles. The average molecular weight is 314 g/mol. The van der Waals surface area contributed by atoms with Gasteiger partial charge in [-0.2, -0.15) is 0 Å². The van der Waals surface area contributed by atoms with E-state index in [1.54, 1.807) is 22.3 Å². The second-order valence-electron chi connectivity index (χ2n) is 5.52. The zero-order valence-corrected chi connectivity index (χ0v) is 14.2. The fourth-order valence-corrected chi connectivity index (χ4v) is 3.02. The predicted molar refractivity (Wildman–Crippen MR) is 91.8 cm³/mol. The van der Waals surface area contributed by atoms with Crippen LogP contribution in [0.5, 0.6) is 0 Å². The van der Waals surface area contributed by atoms with Crippen molar-refractivity contribution in [2.45, 2.75) is 33.2 Å². The van der Waals surface area contributed by atoms with Crippen LogP contribution in [0.4, 0.5) is 0 Å². The van der Waals surface area contributed by atoms with Gasteiger partial charge in [-0.1, -0.05) is 35.9 Å². The summed E-state index contributed by atoms with van der Waals surface area (Å²) >= 11 is 1.63. The Bertz CT molecular complexity index is 646. The number of hydrogen-bond donors (Lipinski definition) is 0. The maximum absolute atomic E-state index is 12.2. The van der Waals surface area contributed by atoms with E-state index in [4.69, 9.17) is 0 Å². The van der Waals surface area contributed by atoms with Crippen molar-refractivity contribution >= 4 is 17.2 Å². The van der Waals surface area contributed by atoms with Crippen LogP contribution in [0.25, 0.3) is 0 Å². The van der Waals surface area contributed by atoms with Crippen LogP contribution in [0.3, 0.4) is 0 Å².